The number of alkyl halides is 3. The second kappa shape index (κ2) is 9.37. The number of hydrogen-bond donors (Lipinski definition) is 1. The van der Waals surface area contributed by atoms with Gasteiger partial charge in [-0.2, -0.15) is 23.4 Å². The van der Waals surface area contributed by atoms with E-state index in [4.69, 9.17) is 14.2 Å². The quantitative estimate of drug-likeness (QED) is 0.560. The molecule has 3 heterocycles. The number of rotatable bonds is 7. The first-order chi connectivity index (χ1) is 16.2. The van der Waals surface area contributed by atoms with E-state index < -0.39 is 17.8 Å². The number of aromatic nitrogens is 4. The molecule has 0 fully saturated rings. The third-order valence-electron chi connectivity index (χ3n) is 5.57. The van der Waals surface area contributed by atoms with E-state index in [1.54, 1.807) is 38.4 Å². The van der Waals surface area contributed by atoms with Gasteiger partial charge in [0.25, 0.3) is 5.91 Å². The Labute approximate surface area is 193 Å². The molecule has 34 heavy (non-hydrogen) atoms. The lowest BCUT2D eigenvalue weighted by atomic mass is 10.1. The van der Waals surface area contributed by atoms with Crippen LogP contribution in [0.2, 0.25) is 0 Å². The zero-order valence-corrected chi connectivity index (χ0v) is 18.9. The van der Waals surface area contributed by atoms with Gasteiger partial charge in [0.1, 0.15) is 17.2 Å². The maximum atomic E-state index is 13.3. The number of amides is 1. The first-order valence-corrected chi connectivity index (χ1v) is 10.5. The van der Waals surface area contributed by atoms with E-state index >= 15 is 0 Å². The fourth-order valence-corrected chi connectivity index (χ4v) is 3.91. The standard InChI is InChI=1S/C22H24F3N5O4/c1-29-18(11-16(27-29)14-10-13(32-2)4-5-19(14)33-3)21(31)26-7-8-30-17-6-9-34-12-15(17)20(28-30)22(23,24)25/h4-5,10-11H,6-9,12H2,1-3H3,(H,26,31). The lowest BCUT2D eigenvalue weighted by Crippen LogP contribution is -2.29. The van der Waals surface area contributed by atoms with Crippen LogP contribution in [0.4, 0.5) is 13.2 Å². The molecule has 9 nitrogen and oxygen atoms in total. The molecule has 1 aromatic carbocycles. The molecule has 0 unspecified atom stereocenters. The molecule has 0 saturated heterocycles. The molecule has 0 atom stereocenters. The minimum atomic E-state index is -4.56. The van der Waals surface area contributed by atoms with Crippen molar-refractivity contribution in [2.45, 2.75) is 25.7 Å². The molecule has 12 heteroatoms. The number of nitrogens with one attached hydrogen (secondary N) is 1. The van der Waals surface area contributed by atoms with E-state index in [1.165, 1.54) is 16.5 Å². The predicted octanol–water partition coefficient (Wildman–Crippen LogP) is 2.82. The summed E-state index contributed by atoms with van der Waals surface area (Å²) in [5.74, 6) is 0.765. The van der Waals surface area contributed by atoms with Crippen molar-refractivity contribution in [2.75, 3.05) is 27.4 Å². The number of fused-ring (bicyclic) bond motifs is 1. The van der Waals surface area contributed by atoms with Crippen LogP contribution < -0.4 is 14.8 Å². The van der Waals surface area contributed by atoms with E-state index in [-0.39, 0.29) is 31.0 Å². The molecular formula is C22H24F3N5O4. The summed E-state index contributed by atoms with van der Waals surface area (Å²) in [7, 11) is 4.71. The average Bonchev–Trinajstić information content (AvgIpc) is 3.39. The number of nitrogens with zero attached hydrogens (tertiary/aromatic N) is 4. The summed E-state index contributed by atoms with van der Waals surface area (Å²) >= 11 is 0. The molecule has 0 aliphatic carbocycles. The molecule has 182 valence electrons. The lowest BCUT2D eigenvalue weighted by molar-refractivity contribution is -0.142. The Hall–Kier alpha value is -3.54. The molecule has 1 amide bonds. The van der Waals surface area contributed by atoms with Gasteiger partial charge in [-0.25, -0.2) is 0 Å². The van der Waals surface area contributed by atoms with E-state index in [1.807, 2.05) is 0 Å². The molecule has 4 rings (SSSR count). The minimum absolute atomic E-state index is 0.0635. The predicted molar refractivity (Wildman–Crippen MR) is 115 cm³/mol. The van der Waals surface area contributed by atoms with Crippen LogP contribution >= 0.6 is 0 Å². The average molecular weight is 479 g/mol. The third kappa shape index (κ3) is 4.58. The Morgan fingerprint density at radius 2 is 2.00 bits per heavy atom. The number of benzene rings is 1. The highest BCUT2D eigenvalue weighted by atomic mass is 19.4. The molecule has 0 saturated carbocycles. The van der Waals surface area contributed by atoms with Gasteiger partial charge in [-0.05, 0) is 24.3 Å². The zero-order chi connectivity index (χ0) is 24.5. The smallest absolute Gasteiger partial charge is 0.435 e. The van der Waals surface area contributed by atoms with Gasteiger partial charge in [0.15, 0.2) is 5.69 Å². The summed E-state index contributed by atoms with van der Waals surface area (Å²) in [5.41, 5.74) is 1.07. The molecule has 1 aliphatic heterocycles. The summed E-state index contributed by atoms with van der Waals surface area (Å²) in [6.07, 6.45) is -4.23. The number of ether oxygens (including phenoxy) is 3. The van der Waals surface area contributed by atoms with Crippen molar-refractivity contribution < 1.29 is 32.2 Å². The number of hydrogen-bond acceptors (Lipinski definition) is 6. The van der Waals surface area contributed by atoms with Crippen molar-refractivity contribution in [1.29, 1.82) is 0 Å². The van der Waals surface area contributed by atoms with Crippen molar-refractivity contribution in [2.24, 2.45) is 7.05 Å². The summed E-state index contributed by atoms with van der Waals surface area (Å²) < 4.78 is 58.5. The van der Waals surface area contributed by atoms with Crippen LogP contribution in [0.1, 0.15) is 27.4 Å². The molecule has 1 N–H and O–H groups in total. The molecule has 0 radical (unpaired) electrons. The third-order valence-corrected chi connectivity index (χ3v) is 5.57. The van der Waals surface area contributed by atoms with Gasteiger partial charge in [0.05, 0.1) is 39.7 Å². The summed E-state index contributed by atoms with van der Waals surface area (Å²) in [6, 6.07) is 6.87. The van der Waals surface area contributed by atoms with E-state index in [0.29, 0.717) is 41.5 Å². The van der Waals surface area contributed by atoms with Gasteiger partial charge >= 0.3 is 6.18 Å². The highest BCUT2D eigenvalue weighted by molar-refractivity contribution is 5.93. The van der Waals surface area contributed by atoms with Gasteiger partial charge < -0.3 is 19.5 Å². The van der Waals surface area contributed by atoms with Crippen molar-refractivity contribution in [1.82, 2.24) is 24.9 Å². The Bertz CT molecular complexity index is 1200. The summed E-state index contributed by atoms with van der Waals surface area (Å²) in [4.78, 5) is 12.8. The molecule has 0 spiro atoms. The van der Waals surface area contributed by atoms with E-state index in [2.05, 4.69) is 15.5 Å². The first-order valence-electron chi connectivity index (χ1n) is 10.5. The topological polar surface area (TPSA) is 92.4 Å². The molecule has 2 aromatic heterocycles. The van der Waals surface area contributed by atoms with Crippen LogP contribution in [0.25, 0.3) is 11.3 Å². The number of carbonyl (C=O) groups is 1. The number of aryl methyl sites for hydroxylation is 1. The number of carbonyl (C=O) groups excluding carboxylic acids is 1. The van der Waals surface area contributed by atoms with E-state index in [9.17, 15) is 18.0 Å². The van der Waals surface area contributed by atoms with Crippen LogP contribution in [-0.4, -0.2) is 52.8 Å². The fourth-order valence-electron chi connectivity index (χ4n) is 3.91. The van der Waals surface area contributed by atoms with Crippen LogP contribution in [0.5, 0.6) is 11.5 Å². The lowest BCUT2D eigenvalue weighted by Gasteiger charge is -2.15. The van der Waals surface area contributed by atoms with Crippen LogP contribution in [0.3, 0.4) is 0 Å². The molecule has 0 bridgehead atoms. The zero-order valence-electron chi connectivity index (χ0n) is 18.9. The van der Waals surface area contributed by atoms with Gasteiger partial charge in [-0.15, -0.1) is 0 Å². The van der Waals surface area contributed by atoms with E-state index in [0.717, 1.165) is 0 Å². The Morgan fingerprint density at radius 3 is 2.71 bits per heavy atom. The Balaban J connectivity index is 1.48. The van der Waals surface area contributed by atoms with Crippen molar-refractivity contribution >= 4 is 5.91 Å². The SMILES string of the molecule is COc1ccc(OC)c(-c2cc(C(=O)NCCn3nc(C(F)(F)F)c4c3CCOC4)n(C)n2)c1. The first kappa shape index (κ1) is 23.6. The van der Waals surface area contributed by atoms with Crippen LogP contribution in [0, 0.1) is 0 Å². The Kier molecular flexibility index (Phi) is 6.51. The van der Waals surface area contributed by atoms with Crippen molar-refractivity contribution in [3.8, 4) is 22.8 Å². The van der Waals surface area contributed by atoms with Gasteiger partial charge in [-0.3, -0.25) is 14.2 Å². The van der Waals surface area contributed by atoms with Crippen molar-refractivity contribution in [3.63, 3.8) is 0 Å². The molecule has 1 aliphatic rings. The fraction of sp³-hybridized carbons (Fsp3) is 0.409. The molecular weight excluding hydrogens is 455 g/mol. The van der Waals surface area contributed by atoms with Crippen LogP contribution in [-0.2, 0) is 37.5 Å². The monoisotopic (exact) mass is 479 g/mol. The highest BCUT2D eigenvalue weighted by Crippen LogP contribution is 2.35. The van der Waals surface area contributed by atoms with Gasteiger partial charge in [0.2, 0.25) is 0 Å². The normalized spacial score (nSPS) is 13.5. The maximum Gasteiger partial charge on any atom is 0.435 e. The minimum Gasteiger partial charge on any atom is -0.497 e. The Morgan fingerprint density at radius 1 is 1.21 bits per heavy atom. The van der Waals surface area contributed by atoms with Gasteiger partial charge in [-0.1, -0.05) is 0 Å². The summed E-state index contributed by atoms with van der Waals surface area (Å²) in [5, 5.41) is 10.9. The van der Waals surface area contributed by atoms with Crippen LogP contribution in [0.15, 0.2) is 24.3 Å². The number of halogens is 3. The summed E-state index contributed by atoms with van der Waals surface area (Å²) in [6.45, 7) is 0.391. The highest BCUT2D eigenvalue weighted by Gasteiger charge is 2.39. The van der Waals surface area contributed by atoms with Crippen molar-refractivity contribution in [3.05, 3.63) is 46.9 Å². The maximum absolute atomic E-state index is 13.3. The second-order valence-corrected chi connectivity index (χ2v) is 7.66. The van der Waals surface area contributed by atoms with Gasteiger partial charge in [0, 0.05) is 36.8 Å². The number of methoxy groups -OCH3 is 2. The molecule has 3 aromatic rings. The largest absolute Gasteiger partial charge is 0.497 e. The second-order valence-electron chi connectivity index (χ2n) is 7.66.